The Morgan fingerprint density at radius 3 is 2.78 bits per heavy atom. The van der Waals surface area contributed by atoms with Gasteiger partial charge in [0.1, 0.15) is 11.6 Å². The minimum Gasteiger partial charge on any atom is -0.345 e. The number of halogens is 2. The van der Waals surface area contributed by atoms with Crippen LogP contribution in [-0.4, -0.2) is 24.9 Å². The molecule has 0 radical (unpaired) electrons. The van der Waals surface area contributed by atoms with E-state index in [9.17, 15) is 17.8 Å². The van der Waals surface area contributed by atoms with Gasteiger partial charge in [-0.25, -0.2) is 17.7 Å². The van der Waals surface area contributed by atoms with Crippen molar-refractivity contribution in [1.29, 1.82) is 0 Å². The molecule has 0 fully saturated rings. The van der Waals surface area contributed by atoms with Crippen LogP contribution in [0, 0.1) is 11.6 Å². The molecule has 0 bridgehead atoms. The lowest BCUT2D eigenvalue weighted by atomic mass is 10.0. The molecule has 124 valence electrons. The summed E-state index contributed by atoms with van der Waals surface area (Å²) >= 11 is -2.33. The number of benzene rings is 1. The highest BCUT2D eigenvalue weighted by molar-refractivity contribution is 7.77. The molecular weight excluding hydrogens is 330 g/mol. The molecule has 1 heterocycles. The monoisotopic (exact) mass is 344 g/mol. The molecule has 7 nitrogen and oxygen atoms in total. The van der Waals surface area contributed by atoms with Crippen LogP contribution in [0.25, 0.3) is 0 Å². The summed E-state index contributed by atoms with van der Waals surface area (Å²) in [7, 11) is 0. The molecule has 0 aliphatic rings. The molecule has 1 amide bonds. The molecule has 0 saturated carbocycles. The molecule has 0 aliphatic heterocycles. The topological polar surface area (TPSA) is 107 Å². The molecular formula is C13H14F2N4O3S. The van der Waals surface area contributed by atoms with Gasteiger partial charge >= 0.3 is 0 Å². The Bertz CT molecular complexity index is 724. The van der Waals surface area contributed by atoms with Gasteiger partial charge in [0.2, 0.25) is 11.3 Å². The third kappa shape index (κ3) is 4.41. The number of aromatic amines is 1. The zero-order chi connectivity index (χ0) is 17.0. The van der Waals surface area contributed by atoms with Gasteiger partial charge in [-0.2, -0.15) is 5.10 Å². The van der Waals surface area contributed by atoms with Crippen LogP contribution in [0.2, 0.25) is 0 Å². The van der Waals surface area contributed by atoms with E-state index < -0.39 is 34.8 Å². The number of hydrogen-bond acceptors (Lipinski definition) is 3. The summed E-state index contributed by atoms with van der Waals surface area (Å²) in [6.45, 7) is 1.21. The number of carbonyl (C=O) groups excluding carboxylic acids is 1. The van der Waals surface area contributed by atoms with Crippen molar-refractivity contribution in [1.82, 2.24) is 20.2 Å². The summed E-state index contributed by atoms with van der Waals surface area (Å²) in [4.78, 5) is 11.9. The molecule has 2 rings (SSSR count). The first kappa shape index (κ1) is 17.2. The summed E-state index contributed by atoms with van der Waals surface area (Å²) in [5, 5.41) is 8.63. The van der Waals surface area contributed by atoms with E-state index >= 15 is 0 Å². The van der Waals surface area contributed by atoms with Crippen molar-refractivity contribution >= 4 is 17.2 Å². The SMILES string of the molecule is CC(NC(=O)c1cn[nH]c1)c1cc(F)c(CNS(=O)O)cc1F. The van der Waals surface area contributed by atoms with Crippen LogP contribution < -0.4 is 10.0 Å². The number of rotatable bonds is 6. The third-order valence-corrected chi connectivity index (χ3v) is 3.52. The summed E-state index contributed by atoms with van der Waals surface area (Å²) in [5.41, 5.74) is 0.138. The predicted octanol–water partition coefficient (Wildman–Crippen LogP) is 1.41. The van der Waals surface area contributed by atoms with Gasteiger partial charge in [0.05, 0.1) is 17.8 Å². The fourth-order valence-electron chi connectivity index (χ4n) is 1.94. The molecule has 2 atom stereocenters. The molecule has 2 aromatic rings. The quantitative estimate of drug-likeness (QED) is 0.594. The lowest BCUT2D eigenvalue weighted by molar-refractivity contribution is 0.0939. The first-order valence-corrected chi connectivity index (χ1v) is 7.61. The zero-order valence-electron chi connectivity index (χ0n) is 12.0. The average Bonchev–Trinajstić information content (AvgIpc) is 3.01. The van der Waals surface area contributed by atoms with Crippen LogP contribution in [0.5, 0.6) is 0 Å². The maximum Gasteiger partial charge on any atom is 0.254 e. The summed E-state index contributed by atoms with van der Waals surface area (Å²) in [6.07, 6.45) is 2.69. The van der Waals surface area contributed by atoms with E-state index in [1.807, 2.05) is 0 Å². The minimum absolute atomic E-state index is 0.0341. The van der Waals surface area contributed by atoms with Crippen LogP contribution in [-0.2, 0) is 17.8 Å². The number of amides is 1. The first-order chi connectivity index (χ1) is 10.9. The van der Waals surface area contributed by atoms with Crippen LogP contribution >= 0.6 is 0 Å². The van der Waals surface area contributed by atoms with Gasteiger partial charge in [0, 0.05) is 23.9 Å². The number of nitrogens with zero attached hydrogens (tertiary/aromatic N) is 1. The second-order valence-corrected chi connectivity index (χ2v) is 5.50. The van der Waals surface area contributed by atoms with Crippen molar-refractivity contribution in [3.05, 3.63) is 52.9 Å². The Hall–Kier alpha value is -2.17. The fraction of sp³-hybridized carbons (Fsp3) is 0.231. The lowest BCUT2D eigenvalue weighted by Crippen LogP contribution is -2.27. The lowest BCUT2D eigenvalue weighted by Gasteiger charge is -2.16. The molecule has 0 aliphatic carbocycles. The molecule has 10 heteroatoms. The van der Waals surface area contributed by atoms with Gasteiger partial charge in [0.15, 0.2) is 0 Å². The van der Waals surface area contributed by atoms with Crippen molar-refractivity contribution in [2.75, 3.05) is 0 Å². The Morgan fingerprint density at radius 2 is 2.17 bits per heavy atom. The average molecular weight is 344 g/mol. The second kappa shape index (κ2) is 7.40. The largest absolute Gasteiger partial charge is 0.345 e. The Balaban J connectivity index is 2.14. The maximum absolute atomic E-state index is 14.1. The molecule has 4 N–H and O–H groups in total. The highest BCUT2D eigenvalue weighted by Gasteiger charge is 2.18. The second-order valence-electron chi connectivity index (χ2n) is 4.72. The van der Waals surface area contributed by atoms with Gasteiger partial charge < -0.3 is 5.32 Å². The maximum atomic E-state index is 14.1. The van der Waals surface area contributed by atoms with E-state index in [0.717, 1.165) is 12.1 Å². The molecule has 0 spiro atoms. The highest BCUT2D eigenvalue weighted by Crippen LogP contribution is 2.21. The number of nitrogens with one attached hydrogen (secondary N) is 3. The van der Waals surface area contributed by atoms with Crippen molar-refractivity contribution in [2.45, 2.75) is 19.5 Å². The first-order valence-electron chi connectivity index (χ1n) is 6.50. The smallest absolute Gasteiger partial charge is 0.254 e. The van der Waals surface area contributed by atoms with E-state index in [1.165, 1.54) is 19.3 Å². The molecule has 1 aromatic carbocycles. The van der Waals surface area contributed by atoms with Crippen molar-refractivity contribution < 1.29 is 22.3 Å². The van der Waals surface area contributed by atoms with Crippen LogP contribution in [0.4, 0.5) is 8.78 Å². The molecule has 1 aromatic heterocycles. The van der Waals surface area contributed by atoms with Gasteiger partial charge in [-0.1, -0.05) is 0 Å². The predicted molar refractivity (Wildman–Crippen MR) is 78.4 cm³/mol. The third-order valence-electron chi connectivity index (χ3n) is 3.13. The number of carbonyl (C=O) groups is 1. The van der Waals surface area contributed by atoms with Gasteiger partial charge in [-0.05, 0) is 19.1 Å². The molecule has 2 unspecified atom stereocenters. The van der Waals surface area contributed by atoms with Crippen LogP contribution in [0.15, 0.2) is 24.5 Å². The highest BCUT2D eigenvalue weighted by atomic mass is 32.2. The van der Waals surface area contributed by atoms with Crippen molar-refractivity contribution in [2.24, 2.45) is 0 Å². The van der Waals surface area contributed by atoms with Gasteiger partial charge in [-0.15, -0.1) is 0 Å². The Kier molecular flexibility index (Phi) is 5.53. The van der Waals surface area contributed by atoms with Gasteiger partial charge in [-0.3, -0.25) is 14.4 Å². The van der Waals surface area contributed by atoms with Crippen molar-refractivity contribution in [3.8, 4) is 0 Å². The van der Waals surface area contributed by atoms with E-state index in [0.29, 0.717) is 0 Å². The number of hydrogen-bond donors (Lipinski definition) is 4. The minimum atomic E-state index is -2.33. The summed E-state index contributed by atoms with van der Waals surface area (Å²) < 4.78 is 49.2. The number of H-pyrrole nitrogens is 1. The van der Waals surface area contributed by atoms with Gasteiger partial charge in [0.25, 0.3) is 5.91 Å². The van der Waals surface area contributed by atoms with E-state index in [4.69, 9.17) is 4.55 Å². The Labute approximate surface area is 132 Å². The summed E-state index contributed by atoms with van der Waals surface area (Å²) in [5.74, 6) is -1.96. The molecule has 0 saturated heterocycles. The zero-order valence-corrected chi connectivity index (χ0v) is 12.8. The fourth-order valence-corrected chi connectivity index (χ4v) is 2.22. The number of aromatic nitrogens is 2. The van der Waals surface area contributed by atoms with E-state index in [-0.39, 0.29) is 23.2 Å². The van der Waals surface area contributed by atoms with E-state index in [1.54, 1.807) is 0 Å². The normalized spacial score (nSPS) is 13.6. The van der Waals surface area contributed by atoms with Crippen LogP contribution in [0.1, 0.15) is 34.5 Å². The van der Waals surface area contributed by atoms with Crippen LogP contribution in [0.3, 0.4) is 0 Å². The molecule has 23 heavy (non-hydrogen) atoms. The summed E-state index contributed by atoms with van der Waals surface area (Å²) in [6, 6.07) is 1.10. The van der Waals surface area contributed by atoms with E-state index in [2.05, 4.69) is 20.2 Å². The standard InChI is InChI=1S/C13H14F2N4O3S/c1-7(19-13(20)9-4-16-17-5-9)10-3-11(14)8(2-12(10)15)6-18-23(21)22/h2-5,7,18H,6H2,1H3,(H,16,17)(H,19,20)(H,21,22). The Morgan fingerprint density at radius 1 is 1.43 bits per heavy atom. The van der Waals surface area contributed by atoms with Crippen molar-refractivity contribution in [3.63, 3.8) is 0 Å².